The van der Waals surface area contributed by atoms with Gasteiger partial charge >= 0.3 is 8.45 Å². The molecule has 0 bridgehead atoms. The van der Waals surface area contributed by atoms with Gasteiger partial charge in [-0.15, -0.1) is 0 Å². The highest BCUT2D eigenvalue weighted by Gasteiger charge is 2.25. The second-order valence-electron chi connectivity index (χ2n) is 5.38. The van der Waals surface area contributed by atoms with Gasteiger partial charge in [0.25, 0.3) is 0 Å². The SMILES string of the molecule is CN(c1ccccc1)P(Oc1ccccc1)N(C)c1ccccc1. The molecule has 3 aromatic carbocycles. The van der Waals surface area contributed by atoms with E-state index in [0.29, 0.717) is 0 Å². The van der Waals surface area contributed by atoms with Gasteiger partial charge in [0.15, 0.2) is 0 Å². The van der Waals surface area contributed by atoms with E-state index in [2.05, 4.69) is 47.7 Å². The average molecular weight is 336 g/mol. The van der Waals surface area contributed by atoms with Gasteiger partial charge in [-0.3, -0.25) is 0 Å². The van der Waals surface area contributed by atoms with Crippen molar-refractivity contribution in [2.24, 2.45) is 0 Å². The van der Waals surface area contributed by atoms with Crippen LogP contribution in [0.25, 0.3) is 0 Å². The Hall–Kier alpha value is -2.51. The van der Waals surface area contributed by atoms with Crippen LogP contribution in [-0.2, 0) is 0 Å². The van der Waals surface area contributed by atoms with Gasteiger partial charge in [0, 0.05) is 25.5 Å². The van der Waals surface area contributed by atoms with Crippen molar-refractivity contribution >= 4 is 19.8 Å². The first-order valence-corrected chi connectivity index (χ1v) is 9.03. The second-order valence-corrected chi connectivity index (χ2v) is 7.26. The molecule has 4 heteroatoms. The lowest BCUT2D eigenvalue weighted by molar-refractivity contribution is 0.608. The summed E-state index contributed by atoms with van der Waals surface area (Å²) in [7, 11) is 3.10. The molecule has 3 nitrogen and oxygen atoms in total. The monoisotopic (exact) mass is 336 g/mol. The first-order valence-electron chi connectivity index (χ1n) is 7.86. The summed E-state index contributed by atoms with van der Waals surface area (Å²) in [5.74, 6) is 0.870. The van der Waals surface area contributed by atoms with Gasteiger partial charge in [0.1, 0.15) is 5.75 Å². The zero-order valence-corrected chi connectivity index (χ0v) is 14.8. The van der Waals surface area contributed by atoms with Gasteiger partial charge in [-0.25, -0.2) is 0 Å². The number of nitrogens with zero attached hydrogens (tertiary/aromatic N) is 2. The van der Waals surface area contributed by atoms with Crippen LogP contribution in [0.4, 0.5) is 11.4 Å². The zero-order chi connectivity index (χ0) is 16.8. The van der Waals surface area contributed by atoms with Crippen LogP contribution in [0.5, 0.6) is 5.75 Å². The Morgan fingerprint density at radius 2 is 0.958 bits per heavy atom. The van der Waals surface area contributed by atoms with Crippen molar-refractivity contribution < 1.29 is 4.52 Å². The van der Waals surface area contributed by atoms with Crippen molar-refractivity contribution in [3.63, 3.8) is 0 Å². The highest BCUT2D eigenvalue weighted by Crippen LogP contribution is 2.48. The molecule has 0 heterocycles. The zero-order valence-electron chi connectivity index (χ0n) is 13.9. The van der Waals surface area contributed by atoms with Crippen molar-refractivity contribution in [1.29, 1.82) is 0 Å². The van der Waals surface area contributed by atoms with Crippen LogP contribution >= 0.6 is 8.45 Å². The lowest BCUT2D eigenvalue weighted by atomic mass is 10.3. The van der Waals surface area contributed by atoms with E-state index in [-0.39, 0.29) is 0 Å². The van der Waals surface area contributed by atoms with Crippen molar-refractivity contribution in [3.8, 4) is 5.75 Å². The predicted octanol–water partition coefficient (Wildman–Crippen LogP) is 5.57. The van der Waals surface area contributed by atoms with Crippen molar-refractivity contribution in [3.05, 3.63) is 91.0 Å². The molecule has 0 fully saturated rings. The standard InChI is InChI=1S/C20H21N2OP/c1-21(18-12-6-3-7-13-18)24(23-20-16-10-5-11-17-20)22(2)19-14-8-4-9-15-19/h3-17H,1-2H3. The minimum atomic E-state index is -1.05. The fourth-order valence-electron chi connectivity index (χ4n) is 2.38. The largest absolute Gasteiger partial charge is 0.436 e. The first-order chi connectivity index (χ1) is 11.8. The van der Waals surface area contributed by atoms with Crippen LogP contribution in [0.1, 0.15) is 0 Å². The molecule has 3 rings (SSSR count). The summed E-state index contributed by atoms with van der Waals surface area (Å²) in [4.78, 5) is 0. The van der Waals surface area contributed by atoms with E-state index >= 15 is 0 Å². The van der Waals surface area contributed by atoms with E-state index in [1.165, 1.54) is 0 Å². The van der Waals surface area contributed by atoms with E-state index in [9.17, 15) is 0 Å². The predicted molar refractivity (Wildman–Crippen MR) is 104 cm³/mol. The molecule has 3 aromatic rings. The van der Waals surface area contributed by atoms with Crippen LogP contribution < -0.4 is 13.9 Å². The summed E-state index contributed by atoms with van der Waals surface area (Å²) >= 11 is 0. The molecular weight excluding hydrogens is 315 g/mol. The fourth-order valence-corrected chi connectivity index (χ4v) is 4.00. The molecule has 0 saturated carbocycles. The van der Waals surface area contributed by atoms with Gasteiger partial charge in [-0.1, -0.05) is 54.6 Å². The minimum absolute atomic E-state index is 0.870. The van der Waals surface area contributed by atoms with E-state index in [0.717, 1.165) is 17.1 Å². The highest BCUT2D eigenvalue weighted by atomic mass is 31.2. The minimum Gasteiger partial charge on any atom is -0.436 e. The molecule has 0 radical (unpaired) electrons. The molecule has 24 heavy (non-hydrogen) atoms. The van der Waals surface area contributed by atoms with Gasteiger partial charge in [0.2, 0.25) is 0 Å². The van der Waals surface area contributed by atoms with Crippen LogP contribution in [0, 0.1) is 0 Å². The third-order valence-electron chi connectivity index (χ3n) is 3.70. The number of hydrogen-bond acceptors (Lipinski definition) is 3. The van der Waals surface area contributed by atoms with E-state index in [1.807, 2.05) is 66.7 Å². The maximum absolute atomic E-state index is 6.36. The van der Waals surface area contributed by atoms with Gasteiger partial charge in [0.05, 0.1) is 0 Å². The number of hydrogen-bond donors (Lipinski definition) is 0. The van der Waals surface area contributed by atoms with Crippen LogP contribution in [-0.4, -0.2) is 14.1 Å². The van der Waals surface area contributed by atoms with Gasteiger partial charge in [-0.2, -0.15) is 0 Å². The van der Waals surface area contributed by atoms with Crippen LogP contribution in [0.15, 0.2) is 91.0 Å². The number of anilines is 2. The summed E-state index contributed by atoms with van der Waals surface area (Å²) in [5.41, 5.74) is 2.25. The smallest absolute Gasteiger partial charge is 0.309 e. The average Bonchev–Trinajstić information content (AvgIpc) is 2.67. The molecule has 0 saturated heterocycles. The molecule has 0 aromatic heterocycles. The Balaban J connectivity index is 1.91. The lowest BCUT2D eigenvalue weighted by Gasteiger charge is -2.35. The van der Waals surface area contributed by atoms with Crippen LogP contribution in [0.2, 0.25) is 0 Å². The summed E-state index contributed by atoms with van der Waals surface area (Å²) in [6.07, 6.45) is 0. The van der Waals surface area contributed by atoms with E-state index in [4.69, 9.17) is 4.52 Å². The Kier molecular flexibility index (Phi) is 5.35. The van der Waals surface area contributed by atoms with Gasteiger partial charge < -0.3 is 13.9 Å². The quantitative estimate of drug-likeness (QED) is 0.548. The van der Waals surface area contributed by atoms with Crippen molar-refractivity contribution in [1.82, 2.24) is 0 Å². The number of rotatable bonds is 6. The molecule has 0 N–H and O–H groups in total. The molecule has 122 valence electrons. The number of benzene rings is 3. The molecule has 0 spiro atoms. The summed E-state index contributed by atoms with van der Waals surface area (Å²) < 4.78 is 10.7. The highest BCUT2D eigenvalue weighted by molar-refractivity contribution is 7.56. The van der Waals surface area contributed by atoms with Crippen molar-refractivity contribution in [2.45, 2.75) is 0 Å². The number of para-hydroxylation sites is 3. The second kappa shape index (κ2) is 7.85. The third kappa shape index (κ3) is 3.87. The summed E-state index contributed by atoms with van der Waals surface area (Å²) in [6.45, 7) is 0. The van der Waals surface area contributed by atoms with Gasteiger partial charge in [-0.05, 0) is 36.4 Å². The Morgan fingerprint density at radius 3 is 1.38 bits per heavy atom. The topological polar surface area (TPSA) is 15.7 Å². The third-order valence-corrected chi connectivity index (χ3v) is 5.57. The molecule has 0 aliphatic carbocycles. The first kappa shape index (κ1) is 16.4. The maximum atomic E-state index is 6.36. The Labute approximate surface area is 145 Å². The maximum Gasteiger partial charge on any atom is 0.309 e. The molecule has 0 aliphatic heterocycles. The van der Waals surface area contributed by atoms with Crippen molar-refractivity contribution in [2.75, 3.05) is 23.4 Å². The molecule has 0 unspecified atom stereocenters. The van der Waals surface area contributed by atoms with Crippen LogP contribution in [0.3, 0.4) is 0 Å². The molecule has 0 atom stereocenters. The lowest BCUT2D eigenvalue weighted by Crippen LogP contribution is -2.25. The van der Waals surface area contributed by atoms with E-state index < -0.39 is 8.45 Å². The fraction of sp³-hybridized carbons (Fsp3) is 0.100. The molecule has 0 amide bonds. The Bertz CT molecular complexity index is 692. The molecule has 0 aliphatic rings. The van der Waals surface area contributed by atoms with E-state index in [1.54, 1.807) is 0 Å². The summed E-state index contributed by atoms with van der Waals surface area (Å²) in [6, 6.07) is 30.6. The Morgan fingerprint density at radius 1 is 0.583 bits per heavy atom. The normalized spacial score (nSPS) is 10.5. The molecular formula is C20H21N2OP. The summed E-state index contributed by atoms with van der Waals surface area (Å²) in [5, 5.41) is 0.